The van der Waals surface area contributed by atoms with Crippen LogP contribution in [-0.4, -0.2) is 4.98 Å². The van der Waals surface area contributed by atoms with Crippen LogP contribution in [-0.2, 0) is 6.42 Å². The van der Waals surface area contributed by atoms with E-state index in [2.05, 4.69) is 64.2 Å². The predicted molar refractivity (Wildman–Crippen MR) is 79.0 cm³/mol. The number of aromatic nitrogens is 1. The van der Waals surface area contributed by atoms with E-state index in [0.29, 0.717) is 0 Å². The first-order valence-electron chi connectivity index (χ1n) is 6.12. The molecule has 2 heteroatoms. The third kappa shape index (κ3) is 1.33. The molecule has 18 heavy (non-hydrogen) atoms. The zero-order valence-electron chi connectivity index (χ0n) is 10.0. The van der Waals surface area contributed by atoms with Gasteiger partial charge in [-0.2, -0.15) is 0 Å². The first kappa shape index (κ1) is 10.4. The lowest BCUT2D eigenvalue weighted by Gasteiger charge is -2.00. The molecule has 0 atom stereocenters. The summed E-state index contributed by atoms with van der Waals surface area (Å²) in [6, 6.07) is 13.2. The molecule has 4 rings (SSSR count). The van der Waals surface area contributed by atoms with Crippen LogP contribution in [0.4, 0.5) is 0 Å². The van der Waals surface area contributed by atoms with Gasteiger partial charge in [0, 0.05) is 27.4 Å². The lowest BCUT2D eigenvalue weighted by atomic mass is 10.1. The van der Waals surface area contributed by atoms with Crippen molar-refractivity contribution in [1.29, 1.82) is 0 Å². The van der Waals surface area contributed by atoms with Gasteiger partial charge in [-0.05, 0) is 42.3 Å². The molecule has 0 saturated heterocycles. The van der Waals surface area contributed by atoms with Gasteiger partial charge in [-0.15, -0.1) is 0 Å². The molecule has 3 aromatic rings. The highest BCUT2D eigenvalue weighted by Gasteiger charge is 2.22. The van der Waals surface area contributed by atoms with E-state index >= 15 is 0 Å². The average molecular weight is 298 g/mol. The van der Waals surface area contributed by atoms with E-state index in [1.807, 2.05) is 0 Å². The minimum absolute atomic E-state index is 1.04. The van der Waals surface area contributed by atoms with Crippen molar-refractivity contribution in [3.05, 3.63) is 57.6 Å². The van der Waals surface area contributed by atoms with Crippen LogP contribution in [0, 0.1) is 6.92 Å². The third-order valence-electron chi connectivity index (χ3n) is 3.77. The van der Waals surface area contributed by atoms with Gasteiger partial charge < -0.3 is 4.98 Å². The van der Waals surface area contributed by atoms with Gasteiger partial charge in [-0.25, -0.2) is 0 Å². The van der Waals surface area contributed by atoms with Gasteiger partial charge in [-0.3, -0.25) is 0 Å². The van der Waals surface area contributed by atoms with Gasteiger partial charge in [0.1, 0.15) is 0 Å². The number of benzene rings is 2. The molecule has 1 nitrogen and oxygen atoms in total. The second-order valence-corrected chi connectivity index (χ2v) is 5.92. The Morgan fingerprint density at radius 3 is 2.89 bits per heavy atom. The summed E-state index contributed by atoms with van der Waals surface area (Å²) in [5.74, 6) is 0. The summed E-state index contributed by atoms with van der Waals surface area (Å²) in [5, 5.41) is 1.37. The van der Waals surface area contributed by atoms with Gasteiger partial charge in [-0.1, -0.05) is 33.6 Å². The Balaban J connectivity index is 2.04. The third-order valence-corrected chi connectivity index (χ3v) is 4.26. The number of H-pyrrole nitrogens is 1. The lowest BCUT2D eigenvalue weighted by molar-refractivity contribution is 1.28. The van der Waals surface area contributed by atoms with Crippen LogP contribution < -0.4 is 0 Å². The van der Waals surface area contributed by atoms with Crippen molar-refractivity contribution in [2.75, 3.05) is 0 Å². The fourth-order valence-electron chi connectivity index (χ4n) is 2.92. The van der Waals surface area contributed by atoms with E-state index in [1.54, 1.807) is 0 Å². The smallest absolute Gasteiger partial charge is 0.0503 e. The highest BCUT2D eigenvalue weighted by atomic mass is 79.9. The van der Waals surface area contributed by atoms with Crippen LogP contribution >= 0.6 is 15.9 Å². The molecule has 88 valence electrons. The van der Waals surface area contributed by atoms with Crippen molar-refractivity contribution < 1.29 is 0 Å². The standard InChI is InChI=1S/C16H12BrN/c1-9-2-5-15-13(6-9)14-8-10-7-11(17)3-4-12(10)16(14)18-15/h2-7,18H,8H2,1H3. The Morgan fingerprint density at radius 2 is 2.00 bits per heavy atom. The van der Waals surface area contributed by atoms with E-state index in [0.717, 1.165) is 10.9 Å². The Bertz CT molecular complexity index is 783. The zero-order valence-corrected chi connectivity index (χ0v) is 11.6. The molecular weight excluding hydrogens is 286 g/mol. The summed E-state index contributed by atoms with van der Waals surface area (Å²) >= 11 is 3.55. The lowest BCUT2D eigenvalue weighted by Crippen LogP contribution is -1.82. The molecule has 0 saturated carbocycles. The van der Waals surface area contributed by atoms with E-state index in [1.165, 1.54) is 38.9 Å². The Kier molecular flexibility index (Phi) is 2.01. The molecule has 1 heterocycles. The number of halogens is 1. The molecule has 0 aliphatic heterocycles. The molecule has 1 aliphatic carbocycles. The number of aryl methyl sites for hydroxylation is 1. The molecule has 1 aromatic heterocycles. The van der Waals surface area contributed by atoms with Gasteiger partial charge >= 0.3 is 0 Å². The van der Waals surface area contributed by atoms with Crippen molar-refractivity contribution in [2.24, 2.45) is 0 Å². The van der Waals surface area contributed by atoms with Crippen LogP contribution in [0.15, 0.2) is 40.9 Å². The van der Waals surface area contributed by atoms with Gasteiger partial charge in [0.05, 0.1) is 5.69 Å². The largest absolute Gasteiger partial charge is 0.354 e. The van der Waals surface area contributed by atoms with Crippen LogP contribution in [0.2, 0.25) is 0 Å². The van der Waals surface area contributed by atoms with Crippen molar-refractivity contribution >= 4 is 26.8 Å². The van der Waals surface area contributed by atoms with Crippen molar-refractivity contribution in [3.8, 4) is 11.3 Å². The summed E-state index contributed by atoms with van der Waals surface area (Å²) in [5.41, 5.74) is 8.08. The number of hydrogen-bond donors (Lipinski definition) is 1. The highest BCUT2D eigenvalue weighted by Crippen LogP contribution is 2.41. The molecule has 0 bridgehead atoms. The average Bonchev–Trinajstić information content (AvgIpc) is 2.84. The summed E-state index contributed by atoms with van der Waals surface area (Å²) < 4.78 is 1.16. The summed E-state index contributed by atoms with van der Waals surface area (Å²) in [7, 11) is 0. The molecule has 0 unspecified atom stereocenters. The minimum atomic E-state index is 1.04. The molecule has 2 aromatic carbocycles. The Morgan fingerprint density at radius 1 is 1.11 bits per heavy atom. The summed E-state index contributed by atoms with van der Waals surface area (Å²) in [6.45, 7) is 2.15. The summed E-state index contributed by atoms with van der Waals surface area (Å²) in [4.78, 5) is 3.56. The molecule has 1 N–H and O–H groups in total. The van der Waals surface area contributed by atoms with Crippen molar-refractivity contribution in [3.63, 3.8) is 0 Å². The molecular formula is C16H12BrN. The number of hydrogen-bond acceptors (Lipinski definition) is 0. The minimum Gasteiger partial charge on any atom is -0.354 e. The quantitative estimate of drug-likeness (QED) is 0.479. The fourth-order valence-corrected chi connectivity index (χ4v) is 3.33. The zero-order chi connectivity index (χ0) is 12.3. The van der Waals surface area contributed by atoms with Gasteiger partial charge in [0.25, 0.3) is 0 Å². The Labute approximate surface area is 114 Å². The number of fused-ring (bicyclic) bond motifs is 5. The molecule has 0 radical (unpaired) electrons. The number of nitrogens with one attached hydrogen (secondary N) is 1. The fraction of sp³-hybridized carbons (Fsp3) is 0.125. The molecule has 0 spiro atoms. The van der Waals surface area contributed by atoms with Gasteiger partial charge in [0.15, 0.2) is 0 Å². The van der Waals surface area contributed by atoms with Gasteiger partial charge in [0.2, 0.25) is 0 Å². The predicted octanol–water partition coefficient (Wildman–Crippen LogP) is 4.81. The maximum Gasteiger partial charge on any atom is 0.0503 e. The topological polar surface area (TPSA) is 15.8 Å². The highest BCUT2D eigenvalue weighted by molar-refractivity contribution is 9.10. The second-order valence-electron chi connectivity index (χ2n) is 5.01. The van der Waals surface area contributed by atoms with E-state index in [9.17, 15) is 0 Å². The van der Waals surface area contributed by atoms with E-state index < -0.39 is 0 Å². The normalized spacial score (nSPS) is 12.8. The number of rotatable bonds is 0. The molecule has 0 fully saturated rings. The summed E-state index contributed by atoms with van der Waals surface area (Å²) in [6.07, 6.45) is 1.04. The SMILES string of the molecule is Cc1ccc2[nH]c3c(c2c1)Cc1cc(Br)ccc1-3. The first-order valence-corrected chi connectivity index (χ1v) is 6.92. The molecule has 0 amide bonds. The molecule has 1 aliphatic rings. The first-order chi connectivity index (χ1) is 8.72. The monoisotopic (exact) mass is 297 g/mol. The Hall–Kier alpha value is -1.54. The second kappa shape index (κ2) is 3.48. The maximum absolute atomic E-state index is 3.56. The van der Waals surface area contributed by atoms with Crippen LogP contribution in [0.5, 0.6) is 0 Å². The maximum atomic E-state index is 3.56. The van der Waals surface area contributed by atoms with E-state index in [4.69, 9.17) is 0 Å². The van der Waals surface area contributed by atoms with E-state index in [-0.39, 0.29) is 0 Å². The van der Waals surface area contributed by atoms with Crippen LogP contribution in [0.1, 0.15) is 16.7 Å². The van der Waals surface area contributed by atoms with Crippen molar-refractivity contribution in [1.82, 2.24) is 4.98 Å². The number of aromatic amines is 1. The van der Waals surface area contributed by atoms with Crippen molar-refractivity contribution in [2.45, 2.75) is 13.3 Å². The van der Waals surface area contributed by atoms with Crippen LogP contribution in [0.25, 0.3) is 22.2 Å². The van der Waals surface area contributed by atoms with Crippen LogP contribution in [0.3, 0.4) is 0 Å².